The molecule has 0 amide bonds. The topological polar surface area (TPSA) is 25.8 Å². The van der Waals surface area contributed by atoms with Gasteiger partial charge in [-0.15, -0.1) is 11.3 Å². The van der Waals surface area contributed by atoms with Crippen molar-refractivity contribution in [2.24, 2.45) is 0 Å². The van der Waals surface area contributed by atoms with Crippen LogP contribution in [0.3, 0.4) is 0 Å². The van der Waals surface area contributed by atoms with Gasteiger partial charge in [-0.2, -0.15) is 0 Å². The average molecular weight is 299 g/mol. The number of fused-ring (bicyclic) bond motifs is 1. The van der Waals surface area contributed by atoms with E-state index >= 15 is 0 Å². The van der Waals surface area contributed by atoms with Gasteiger partial charge >= 0.3 is 0 Å². The van der Waals surface area contributed by atoms with Crippen molar-refractivity contribution in [3.63, 3.8) is 0 Å². The number of aromatic nitrogens is 2. The quantitative estimate of drug-likeness (QED) is 0.791. The fourth-order valence-corrected chi connectivity index (χ4v) is 2.99. The zero-order chi connectivity index (χ0) is 11.7. The van der Waals surface area contributed by atoms with E-state index in [-0.39, 0.29) is 0 Å². The summed E-state index contributed by atoms with van der Waals surface area (Å²) in [6, 6.07) is 2.20. The number of nitrogens with zero attached hydrogens (tertiary/aromatic N) is 2. The Balaban J connectivity index is 2.51. The number of alkyl halides is 1. The standard InChI is InChI=1S/C12H15BrN2S/c1-4-10(13)8(3)11-9-5-7(2)16-12(9)15-6-14-11/h5-6,8,10H,4H2,1-3H3. The molecule has 4 heteroatoms. The van der Waals surface area contributed by atoms with Crippen LogP contribution >= 0.6 is 27.3 Å². The van der Waals surface area contributed by atoms with Gasteiger partial charge in [0.2, 0.25) is 0 Å². The van der Waals surface area contributed by atoms with Gasteiger partial charge in [0.05, 0.1) is 5.69 Å². The van der Waals surface area contributed by atoms with Crippen LogP contribution in [-0.2, 0) is 0 Å². The summed E-state index contributed by atoms with van der Waals surface area (Å²) in [4.78, 5) is 11.7. The van der Waals surface area contributed by atoms with E-state index in [0.29, 0.717) is 10.7 Å². The van der Waals surface area contributed by atoms with Crippen LogP contribution in [0.4, 0.5) is 0 Å². The highest BCUT2D eigenvalue weighted by Gasteiger charge is 2.19. The van der Waals surface area contributed by atoms with E-state index < -0.39 is 0 Å². The Morgan fingerprint density at radius 3 is 2.88 bits per heavy atom. The van der Waals surface area contributed by atoms with Gasteiger partial charge in [-0.1, -0.05) is 29.8 Å². The van der Waals surface area contributed by atoms with Crippen molar-refractivity contribution in [1.29, 1.82) is 0 Å². The minimum Gasteiger partial charge on any atom is -0.240 e. The van der Waals surface area contributed by atoms with Gasteiger partial charge in [-0.05, 0) is 19.4 Å². The van der Waals surface area contributed by atoms with Crippen molar-refractivity contribution in [2.45, 2.75) is 37.9 Å². The lowest BCUT2D eigenvalue weighted by molar-refractivity contribution is 0.679. The lowest BCUT2D eigenvalue weighted by atomic mass is 9.99. The van der Waals surface area contributed by atoms with Crippen LogP contribution in [-0.4, -0.2) is 14.8 Å². The molecular weight excluding hydrogens is 284 g/mol. The van der Waals surface area contributed by atoms with Gasteiger partial charge in [0.1, 0.15) is 11.2 Å². The maximum absolute atomic E-state index is 4.45. The molecule has 2 heterocycles. The lowest BCUT2D eigenvalue weighted by Crippen LogP contribution is -2.09. The number of aryl methyl sites for hydroxylation is 1. The highest BCUT2D eigenvalue weighted by atomic mass is 79.9. The molecule has 2 unspecified atom stereocenters. The molecule has 2 nitrogen and oxygen atoms in total. The minimum absolute atomic E-state index is 0.421. The molecule has 2 aromatic rings. The third kappa shape index (κ3) is 2.13. The van der Waals surface area contributed by atoms with Crippen molar-refractivity contribution in [3.05, 3.63) is 23.0 Å². The van der Waals surface area contributed by atoms with Gasteiger partial charge in [-0.25, -0.2) is 9.97 Å². The van der Waals surface area contributed by atoms with Crippen LogP contribution in [0, 0.1) is 6.92 Å². The Labute approximate surface area is 108 Å². The van der Waals surface area contributed by atoms with Crippen molar-refractivity contribution in [1.82, 2.24) is 9.97 Å². The summed E-state index contributed by atoms with van der Waals surface area (Å²) in [5, 5.41) is 1.22. The SMILES string of the molecule is CCC(Br)C(C)c1ncnc2sc(C)cc12. The van der Waals surface area contributed by atoms with Gasteiger partial charge in [0, 0.05) is 21.0 Å². The molecule has 16 heavy (non-hydrogen) atoms. The first kappa shape index (κ1) is 12.0. The summed E-state index contributed by atoms with van der Waals surface area (Å²) >= 11 is 5.45. The first-order valence-electron chi connectivity index (χ1n) is 5.48. The fourth-order valence-electron chi connectivity index (χ4n) is 1.88. The number of halogens is 1. The molecule has 2 atom stereocenters. The zero-order valence-corrected chi connectivity index (χ0v) is 12.1. The summed E-state index contributed by atoms with van der Waals surface area (Å²) in [7, 11) is 0. The summed E-state index contributed by atoms with van der Waals surface area (Å²) < 4.78 is 0. The molecule has 0 aliphatic heterocycles. The number of hydrogen-bond acceptors (Lipinski definition) is 3. The van der Waals surface area contributed by atoms with E-state index in [1.165, 1.54) is 10.3 Å². The van der Waals surface area contributed by atoms with E-state index in [2.05, 4.69) is 52.7 Å². The Kier molecular flexibility index (Phi) is 3.60. The van der Waals surface area contributed by atoms with E-state index in [0.717, 1.165) is 16.9 Å². The predicted octanol–water partition coefficient (Wildman–Crippen LogP) is 4.28. The highest BCUT2D eigenvalue weighted by Crippen LogP contribution is 2.32. The van der Waals surface area contributed by atoms with Crippen LogP contribution in [0.5, 0.6) is 0 Å². The number of hydrogen-bond donors (Lipinski definition) is 0. The molecule has 0 spiro atoms. The maximum Gasteiger partial charge on any atom is 0.127 e. The van der Waals surface area contributed by atoms with Crippen LogP contribution < -0.4 is 0 Å². The maximum atomic E-state index is 4.45. The molecule has 0 aliphatic rings. The van der Waals surface area contributed by atoms with Crippen LogP contribution in [0.25, 0.3) is 10.2 Å². The van der Waals surface area contributed by atoms with E-state index in [9.17, 15) is 0 Å². The smallest absolute Gasteiger partial charge is 0.127 e. The summed E-state index contributed by atoms with van der Waals surface area (Å²) in [6.07, 6.45) is 2.79. The third-order valence-electron chi connectivity index (χ3n) is 2.85. The molecule has 2 rings (SSSR count). The number of thiophene rings is 1. The molecule has 0 bridgehead atoms. The van der Waals surface area contributed by atoms with Crippen LogP contribution in [0.2, 0.25) is 0 Å². The molecule has 0 fully saturated rings. The van der Waals surface area contributed by atoms with Crippen molar-refractivity contribution in [3.8, 4) is 0 Å². The summed E-state index contributed by atoms with van der Waals surface area (Å²) in [5.41, 5.74) is 1.16. The Hall–Kier alpha value is -0.480. The van der Waals surface area contributed by atoms with Gasteiger partial charge in [0.15, 0.2) is 0 Å². The van der Waals surface area contributed by atoms with Crippen LogP contribution in [0.1, 0.15) is 36.8 Å². The molecule has 0 radical (unpaired) electrons. The molecule has 0 aromatic carbocycles. The molecule has 0 saturated carbocycles. The predicted molar refractivity (Wildman–Crippen MR) is 73.6 cm³/mol. The Bertz CT molecular complexity index is 495. The molecule has 0 saturated heterocycles. The molecule has 0 N–H and O–H groups in total. The second-order valence-corrected chi connectivity index (χ2v) is 6.46. The second-order valence-electron chi connectivity index (χ2n) is 4.05. The van der Waals surface area contributed by atoms with Gasteiger partial charge in [-0.3, -0.25) is 0 Å². The van der Waals surface area contributed by atoms with Gasteiger partial charge < -0.3 is 0 Å². The monoisotopic (exact) mass is 298 g/mol. The normalized spacial score (nSPS) is 15.2. The highest BCUT2D eigenvalue weighted by molar-refractivity contribution is 9.09. The average Bonchev–Trinajstić information content (AvgIpc) is 2.66. The Morgan fingerprint density at radius 2 is 2.19 bits per heavy atom. The third-order valence-corrected chi connectivity index (χ3v) is 5.25. The zero-order valence-electron chi connectivity index (χ0n) is 9.70. The lowest BCUT2D eigenvalue weighted by Gasteiger charge is -2.16. The van der Waals surface area contributed by atoms with E-state index in [1.807, 2.05) is 0 Å². The first-order valence-corrected chi connectivity index (χ1v) is 7.21. The van der Waals surface area contributed by atoms with Gasteiger partial charge in [0.25, 0.3) is 0 Å². The van der Waals surface area contributed by atoms with Crippen molar-refractivity contribution < 1.29 is 0 Å². The van der Waals surface area contributed by atoms with E-state index in [1.54, 1.807) is 17.7 Å². The first-order chi connectivity index (χ1) is 7.63. The van der Waals surface area contributed by atoms with Crippen molar-refractivity contribution >= 4 is 37.5 Å². The molecule has 2 aromatic heterocycles. The number of rotatable bonds is 3. The fraction of sp³-hybridized carbons (Fsp3) is 0.500. The molecule has 86 valence electrons. The second kappa shape index (κ2) is 4.80. The van der Waals surface area contributed by atoms with Crippen LogP contribution in [0.15, 0.2) is 12.4 Å². The summed E-state index contributed by atoms with van der Waals surface area (Å²) in [5.74, 6) is 0.421. The molecular formula is C12H15BrN2S. The van der Waals surface area contributed by atoms with Crippen molar-refractivity contribution in [2.75, 3.05) is 0 Å². The minimum atomic E-state index is 0.421. The molecule has 0 aliphatic carbocycles. The largest absolute Gasteiger partial charge is 0.240 e. The van der Waals surface area contributed by atoms with E-state index in [4.69, 9.17) is 0 Å². The Morgan fingerprint density at radius 1 is 1.44 bits per heavy atom. The summed E-state index contributed by atoms with van der Waals surface area (Å²) in [6.45, 7) is 6.52.